The highest BCUT2D eigenvalue weighted by atomic mass is 16.5. The van der Waals surface area contributed by atoms with E-state index in [1.54, 1.807) is 23.4 Å². The van der Waals surface area contributed by atoms with E-state index < -0.39 is 0 Å². The lowest BCUT2D eigenvalue weighted by molar-refractivity contribution is 0.0317. The molecular formula is C24H29N7O2. The molecule has 4 rings (SSSR count). The zero-order valence-electron chi connectivity index (χ0n) is 18.8. The van der Waals surface area contributed by atoms with E-state index in [2.05, 4.69) is 43.0 Å². The number of hydrogen-bond acceptors (Lipinski definition) is 8. The molecule has 1 aromatic carbocycles. The number of para-hydroxylation sites is 1. The molecule has 0 amide bonds. The Kier molecular flexibility index (Phi) is 7.68. The van der Waals surface area contributed by atoms with Gasteiger partial charge in [-0.15, -0.1) is 0 Å². The van der Waals surface area contributed by atoms with Gasteiger partial charge in [-0.2, -0.15) is 15.1 Å². The second-order valence-corrected chi connectivity index (χ2v) is 7.43. The van der Waals surface area contributed by atoms with Crippen molar-refractivity contribution in [3.05, 3.63) is 67.1 Å². The number of ether oxygens (including phenoxy) is 2. The molecule has 0 aliphatic carbocycles. The molecule has 0 bridgehead atoms. The van der Waals surface area contributed by atoms with Gasteiger partial charge in [-0.3, -0.25) is 10.3 Å². The van der Waals surface area contributed by atoms with Crippen LogP contribution in [0, 0.1) is 0 Å². The van der Waals surface area contributed by atoms with E-state index >= 15 is 0 Å². The number of aromatic nitrogens is 3. The van der Waals surface area contributed by atoms with Gasteiger partial charge in [-0.1, -0.05) is 30.9 Å². The number of fused-ring (bicyclic) bond motifs is 1. The van der Waals surface area contributed by atoms with Crippen molar-refractivity contribution >= 4 is 28.8 Å². The maximum absolute atomic E-state index is 5.89. The molecule has 0 radical (unpaired) electrons. The lowest BCUT2D eigenvalue weighted by Crippen LogP contribution is -2.38. The minimum atomic E-state index is 0.280. The van der Waals surface area contributed by atoms with Crippen LogP contribution in [0.4, 0.5) is 11.6 Å². The highest BCUT2D eigenvalue weighted by molar-refractivity contribution is 5.99. The minimum absolute atomic E-state index is 0.280. The molecule has 1 aliphatic rings. The average molecular weight is 448 g/mol. The van der Waals surface area contributed by atoms with Gasteiger partial charge in [0.15, 0.2) is 5.82 Å². The van der Waals surface area contributed by atoms with Gasteiger partial charge >= 0.3 is 6.01 Å². The van der Waals surface area contributed by atoms with Crippen LogP contribution in [0.3, 0.4) is 0 Å². The number of hydrazone groups is 1. The van der Waals surface area contributed by atoms with Crippen molar-refractivity contribution in [2.75, 3.05) is 49.8 Å². The van der Waals surface area contributed by atoms with Gasteiger partial charge in [0.1, 0.15) is 12.4 Å². The summed E-state index contributed by atoms with van der Waals surface area (Å²) in [5.74, 6) is 1.15. The molecule has 0 atom stereocenters. The minimum Gasteiger partial charge on any atom is -0.462 e. The number of nitrogens with zero attached hydrogens (tertiary/aromatic N) is 5. The van der Waals surface area contributed by atoms with Crippen molar-refractivity contribution in [2.45, 2.75) is 6.92 Å². The maximum Gasteiger partial charge on any atom is 0.320 e. The molecule has 0 spiro atoms. The van der Waals surface area contributed by atoms with Crippen LogP contribution in [0.1, 0.15) is 12.5 Å². The highest BCUT2D eigenvalue weighted by Crippen LogP contribution is 2.21. The number of anilines is 2. The van der Waals surface area contributed by atoms with Gasteiger partial charge in [0.2, 0.25) is 0 Å². The summed E-state index contributed by atoms with van der Waals surface area (Å²) in [4.78, 5) is 16.4. The molecule has 1 saturated heterocycles. The van der Waals surface area contributed by atoms with Crippen molar-refractivity contribution in [3.8, 4) is 6.01 Å². The highest BCUT2D eigenvalue weighted by Gasteiger charge is 2.12. The molecule has 9 nitrogen and oxygen atoms in total. The molecular weight excluding hydrogens is 418 g/mol. The lowest BCUT2D eigenvalue weighted by Gasteiger charge is -2.26. The first-order valence-corrected chi connectivity index (χ1v) is 11.0. The molecule has 0 unspecified atom stereocenters. The molecule has 3 heterocycles. The van der Waals surface area contributed by atoms with Gasteiger partial charge < -0.3 is 19.4 Å². The largest absolute Gasteiger partial charge is 0.462 e. The fourth-order valence-corrected chi connectivity index (χ4v) is 3.52. The molecule has 3 aromatic rings. The number of H-pyrrole nitrogens is 1. The summed E-state index contributed by atoms with van der Waals surface area (Å²) in [7, 11) is 0. The normalized spacial score (nSPS) is 14.8. The molecule has 2 aromatic heterocycles. The Hall–Kier alpha value is -3.69. The third-order valence-corrected chi connectivity index (χ3v) is 5.21. The van der Waals surface area contributed by atoms with E-state index in [9.17, 15) is 0 Å². The summed E-state index contributed by atoms with van der Waals surface area (Å²) in [6.45, 7) is 10.4. The van der Waals surface area contributed by atoms with E-state index in [0.717, 1.165) is 49.3 Å². The van der Waals surface area contributed by atoms with Crippen molar-refractivity contribution in [3.63, 3.8) is 0 Å². The molecule has 2 N–H and O–H groups in total. The fraction of sp³-hybridized carbons (Fsp3) is 0.292. The number of aromatic amines is 1. The standard InChI is InChI=1S/C24H29N7O2/c1-3-9-31(4-2)23-16-22(27-24(28-23)33-15-12-30-10-13-32-14-11-30)29-26-18-19-17-25-21-8-6-5-7-20(19)21/h3-9,16-18,25H,2,10-15H2,1H3,(H,27,28,29)/b9-3-,26-18+. The Morgan fingerprint density at radius 1 is 1.30 bits per heavy atom. The number of nitrogens with one attached hydrogen (secondary N) is 2. The zero-order chi connectivity index (χ0) is 22.9. The first-order chi connectivity index (χ1) is 16.3. The Bertz CT molecular complexity index is 1120. The molecule has 33 heavy (non-hydrogen) atoms. The summed E-state index contributed by atoms with van der Waals surface area (Å²) >= 11 is 0. The molecule has 9 heteroatoms. The lowest BCUT2D eigenvalue weighted by atomic mass is 10.2. The fourth-order valence-electron chi connectivity index (χ4n) is 3.52. The van der Waals surface area contributed by atoms with Crippen LogP contribution >= 0.6 is 0 Å². The van der Waals surface area contributed by atoms with Gasteiger partial charge in [0.05, 0.1) is 19.4 Å². The smallest absolute Gasteiger partial charge is 0.320 e. The van der Waals surface area contributed by atoms with E-state index in [0.29, 0.717) is 18.2 Å². The van der Waals surface area contributed by atoms with Crippen molar-refractivity contribution in [1.82, 2.24) is 19.9 Å². The first-order valence-electron chi connectivity index (χ1n) is 11.0. The maximum atomic E-state index is 5.89. The number of hydrogen-bond donors (Lipinski definition) is 2. The van der Waals surface area contributed by atoms with Crippen LogP contribution in [0.5, 0.6) is 6.01 Å². The number of benzene rings is 1. The van der Waals surface area contributed by atoms with Crippen LogP contribution in [0.15, 0.2) is 66.7 Å². The first kappa shape index (κ1) is 22.5. The SMILES string of the molecule is C=CN(/C=C\C)c1cc(N/N=C/c2c[nH]c3ccccc23)nc(OCCN2CCOCC2)n1. The van der Waals surface area contributed by atoms with E-state index in [4.69, 9.17) is 9.47 Å². The number of rotatable bonds is 10. The summed E-state index contributed by atoms with van der Waals surface area (Å²) < 4.78 is 11.3. The molecule has 1 aliphatic heterocycles. The van der Waals surface area contributed by atoms with Crippen LogP contribution in [0.2, 0.25) is 0 Å². The second-order valence-electron chi connectivity index (χ2n) is 7.43. The van der Waals surface area contributed by atoms with Crippen LogP contribution in [0.25, 0.3) is 10.9 Å². The van der Waals surface area contributed by atoms with Gasteiger partial charge in [-0.25, -0.2) is 0 Å². The molecule has 172 valence electrons. The molecule has 1 fully saturated rings. The van der Waals surface area contributed by atoms with Crippen LogP contribution < -0.4 is 15.1 Å². The van der Waals surface area contributed by atoms with Crippen molar-refractivity contribution in [1.29, 1.82) is 0 Å². The van der Waals surface area contributed by atoms with Crippen molar-refractivity contribution < 1.29 is 9.47 Å². The summed E-state index contributed by atoms with van der Waals surface area (Å²) in [6, 6.07) is 10.2. The topological polar surface area (TPSA) is 90.9 Å². The van der Waals surface area contributed by atoms with E-state index in [-0.39, 0.29) is 6.01 Å². The van der Waals surface area contributed by atoms with Crippen molar-refractivity contribution in [2.24, 2.45) is 5.10 Å². The van der Waals surface area contributed by atoms with Gasteiger partial charge in [-0.05, 0) is 13.0 Å². The average Bonchev–Trinajstić information content (AvgIpc) is 3.26. The van der Waals surface area contributed by atoms with E-state index in [1.807, 2.05) is 43.6 Å². The third kappa shape index (κ3) is 5.97. The summed E-state index contributed by atoms with van der Waals surface area (Å²) in [5, 5.41) is 5.48. The van der Waals surface area contributed by atoms with Crippen LogP contribution in [-0.4, -0.2) is 65.5 Å². The molecule has 0 saturated carbocycles. The van der Waals surface area contributed by atoms with E-state index in [1.165, 1.54) is 0 Å². The summed E-state index contributed by atoms with van der Waals surface area (Å²) in [5.41, 5.74) is 5.05. The predicted octanol–water partition coefficient (Wildman–Crippen LogP) is 3.60. The quantitative estimate of drug-likeness (QED) is 0.362. The zero-order valence-corrected chi connectivity index (χ0v) is 18.8. The number of allylic oxidation sites excluding steroid dienone is 1. The van der Waals surface area contributed by atoms with Crippen LogP contribution in [-0.2, 0) is 4.74 Å². The van der Waals surface area contributed by atoms with Gasteiger partial charge in [0.25, 0.3) is 0 Å². The van der Waals surface area contributed by atoms with Gasteiger partial charge in [0, 0.05) is 60.8 Å². The Balaban J connectivity index is 1.48. The Labute approximate surface area is 193 Å². The summed E-state index contributed by atoms with van der Waals surface area (Å²) in [6.07, 6.45) is 9.14. The third-order valence-electron chi connectivity index (χ3n) is 5.21. The monoisotopic (exact) mass is 447 g/mol. The number of morpholine rings is 1. The Morgan fingerprint density at radius 3 is 2.97 bits per heavy atom. The predicted molar refractivity (Wildman–Crippen MR) is 132 cm³/mol. The second kappa shape index (κ2) is 11.3. The Morgan fingerprint density at radius 2 is 2.15 bits per heavy atom.